The highest BCUT2D eigenvalue weighted by Gasteiger charge is 2.23. The average Bonchev–Trinajstić information content (AvgIpc) is 2.37. The second-order valence-electron chi connectivity index (χ2n) is 6.46. The average molecular weight is 305 g/mol. The van der Waals surface area contributed by atoms with Crippen molar-refractivity contribution in [1.82, 2.24) is 10.6 Å². The molecule has 0 bridgehead atoms. The molecule has 0 radical (unpaired) electrons. The maximum atomic E-state index is 12.0. The van der Waals surface area contributed by atoms with Crippen molar-refractivity contribution in [3.8, 4) is 0 Å². The van der Waals surface area contributed by atoms with E-state index in [1.165, 1.54) is 25.7 Å². The minimum atomic E-state index is 0. The lowest BCUT2D eigenvalue weighted by molar-refractivity contribution is -0.126. The van der Waals surface area contributed by atoms with Crippen LogP contribution in [0, 0.1) is 11.8 Å². The van der Waals surface area contributed by atoms with E-state index in [0.717, 1.165) is 38.3 Å². The summed E-state index contributed by atoms with van der Waals surface area (Å²) >= 11 is 0. The number of carbonyl (C=O) groups excluding carboxylic acids is 1. The largest absolute Gasteiger partial charge is 0.356 e. The fraction of sp³-hybridized carbons (Fsp3) is 0.938. The summed E-state index contributed by atoms with van der Waals surface area (Å²) in [6, 6.07) is 0.487. The smallest absolute Gasteiger partial charge is 0.223 e. The number of halogens is 1. The first-order chi connectivity index (χ1) is 9.09. The number of hydrogen-bond donors (Lipinski definition) is 2. The molecule has 0 aromatic heterocycles. The number of amides is 1. The molecule has 0 saturated carbocycles. The standard InChI is InChI=1S/C16H32N2O.ClH/c1-13(2)8-6-4-5-7-10-18-16(19)15-9-11-17-14(3)12-15;/h13-15,17H,4-12H2,1-3H3,(H,18,19);1H/t14-,15-;/m0./s1. The molecule has 1 heterocycles. The number of unbranched alkanes of at least 4 members (excludes halogenated alkanes) is 3. The molecule has 3 nitrogen and oxygen atoms in total. The van der Waals surface area contributed by atoms with Crippen LogP contribution in [0.3, 0.4) is 0 Å². The Hall–Kier alpha value is -0.280. The number of carbonyl (C=O) groups is 1. The molecule has 2 N–H and O–H groups in total. The van der Waals surface area contributed by atoms with E-state index < -0.39 is 0 Å². The predicted octanol–water partition coefficient (Wildman–Crippen LogP) is 3.52. The summed E-state index contributed by atoms with van der Waals surface area (Å²) in [7, 11) is 0. The minimum Gasteiger partial charge on any atom is -0.356 e. The van der Waals surface area contributed by atoms with Crippen molar-refractivity contribution < 1.29 is 4.79 Å². The Balaban J connectivity index is 0.00000361. The molecule has 1 aliphatic heterocycles. The molecule has 0 aromatic rings. The summed E-state index contributed by atoms with van der Waals surface area (Å²) in [5, 5.41) is 6.49. The number of nitrogens with one attached hydrogen (secondary N) is 2. The van der Waals surface area contributed by atoms with Crippen molar-refractivity contribution >= 4 is 18.3 Å². The number of rotatable bonds is 8. The number of hydrogen-bond acceptors (Lipinski definition) is 2. The van der Waals surface area contributed by atoms with Crippen molar-refractivity contribution in [2.24, 2.45) is 11.8 Å². The molecule has 0 aromatic carbocycles. The van der Waals surface area contributed by atoms with Gasteiger partial charge in [0.05, 0.1) is 0 Å². The van der Waals surface area contributed by atoms with Crippen molar-refractivity contribution in [2.45, 2.75) is 71.8 Å². The Morgan fingerprint density at radius 2 is 1.95 bits per heavy atom. The van der Waals surface area contributed by atoms with Gasteiger partial charge < -0.3 is 10.6 Å². The maximum Gasteiger partial charge on any atom is 0.223 e. The highest BCUT2D eigenvalue weighted by molar-refractivity contribution is 5.85. The summed E-state index contributed by atoms with van der Waals surface area (Å²) in [5.74, 6) is 1.33. The van der Waals surface area contributed by atoms with E-state index in [-0.39, 0.29) is 24.2 Å². The van der Waals surface area contributed by atoms with Gasteiger partial charge in [-0.25, -0.2) is 0 Å². The van der Waals surface area contributed by atoms with Crippen LogP contribution in [-0.4, -0.2) is 25.0 Å². The molecule has 1 amide bonds. The minimum absolute atomic E-state index is 0. The molecule has 0 unspecified atom stereocenters. The van der Waals surface area contributed by atoms with E-state index >= 15 is 0 Å². The van der Waals surface area contributed by atoms with Crippen molar-refractivity contribution in [3.63, 3.8) is 0 Å². The molecule has 4 heteroatoms. The molecule has 0 spiro atoms. The Kier molecular flexibility index (Phi) is 11.2. The third-order valence-corrected chi connectivity index (χ3v) is 4.00. The van der Waals surface area contributed by atoms with Gasteiger partial charge in [0, 0.05) is 18.5 Å². The van der Waals surface area contributed by atoms with Crippen LogP contribution in [0.25, 0.3) is 0 Å². The molecule has 2 atom stereocenters. The van der Waals surface area contributed by atoms with Gasteiger partial charge in [0.1, 0.15) is 0 Å². The molecule has 0 aliphatic carbocycles. The van der Waals surface area contributed by atoms with Gasteiger partial charge in [-0.2, -0.15) is 0 Å². The quantitative estimate of drug-likeness (QED) is 0.674. The SMILES string of the molecule is CC(C)CCCCCCNC(=O)[C@H]1CCN[C@@H](C)C1.Cl. The second-order valence-corrected chi connectivity index (χ2v) is 6.46. The van der Waals surface area contributed by atoms with Gasteiger partial charge in [-0.1, -0.05) is 39.5 Å². The lowest BCUT2D eigenvalue weighted by Gasteiger charge is -2.27. The van der Waals surface area contributed by atoms with Crippen LogP contribution in [0.4, 0.5) is 0 Å². The fourth-order valence-electron chi connectivity index (χ4n) is 2.76. The highest BCUT2D eigenvalue weighted by Crippen LogP contribution is 2.16. The third-order valence-electron chi connectivity index (χ3n) is 4.00. The van der Waals surface area contributed by atoms with Gasteiger partial charge in [0.2, 0.25) is 5.91 Å². The zero-order chi connectivity index (χ0) is 14.1. The van der Waals surface area contributed by atoms with Crippen LogP contribution in [0.2, 0.25) is 0 Å². The van der Waals surface area contributed by atoms with Crippen LogP contribution in [-0.2, 0) is 4.79 Å². The summed E-state index contributed by atoms with van der Waals surface area (Å²) in [6.45, 7) is 8.56. The monoisotopic (exact) mass is 304 g/mol. The van der Waals surface area contributed by atoms with Crippen molar-refractivity contribution in [2.75, 3.05) is 13.1 Å². The summed E-state index contributed by atoms with van der Waals surface area (Å²) < 4.78 is 0. The Bertz CT molecular complexity index is 259. The van der Waals surface area contributed by atoms with Crippen molar-refractivity contribution in [3.05, 3.63) is 0 Å². The van der Waals surface area contributed by atoms with Crippen molar-refractivity contribution in [1.29, 1.82) is 0 Å². The fourth-order valence-corrected chi connectivity index (χ4v) is 2.76. The van der Waals surface area contributed by atoms with Crippen LogP contribution >= 0.6 is 12.4 Å². The van der Waals surface area contributed by atoms with E-state index in [1.807, 2.05) is 0 Å². The molecule has 1 fully saturated rings. The summed E-state index contributed by atoms with van der Waals surface area (Å²) in [5.41, 5.74) is 0. The molecule has 1 rings (SSSR count). The Morgan fingerprint density at radius 3 is 2.60 bits per heavy atom. The second kappa shape index (κ2) is 11.4. The van der Waals surface area contributed by atoms with Gasteiger partial charge in [-0.3, -0.25) is 4.79 Å². The van der Waals surface area contributed by atoms with E-state index in [4.69, 9.17) is 0 Å². The van der Waals surface area contributed by atoms with E-state index in [1.54, 1.807) is 0 Å². The molecule has 120 valence electrons. The molecule has 1 saturated heterocycles. The van der Waals surface area contributed by atoms with Crippen LogP contribution < -0.4 is 10.6 Å². The molecular formula is C16H33ClN2O. The van der Waals surface area contributed by atoms with Gasteiger partial charge in [-0.15, -0.1) is 12.4 Å². The summed E-state index contributed by atoms with van der Waals surface area (Å²) in [4.78, 5) is 12.0. The summed E-state index contributed by atoms with van der Waals surface area (Å²) in [6.07, 6.45) is 8.32. The van der Waals surface area contributed by atoms with E-state index in [9.17, 15) is 4.79 Å². The Morgan fingerprint density at radius 1 is 1.25 bits per heavy atom. The zero-order valence-corrected chi connectivity index (χ0v) is 14.2. The first-order valence-electron chi connectivity index (χ1n) is 8.10. The normalized spacial score (nSPS) is 22.4. The van der Waals surface area contributed by atoms with E-state index in [2.05, 4.69) is 31.4 Å². The predicted molar refractivity (Wildman–Crippen MR) is 88.4 cm³/mol. The van der Waals surface area contributed by atoms with Gasteiger partial charge >= 0.3 is 0 Å². The van der Waals surface area contributed by atoms with Gasteiger partial charge in [-0.05, 0) is 38.6 Å². The third kappa shape index (κ3) is 8.80. The van der Waals surface area contributed by atoms with Crippen LogP contribution in [0.5, 0.6) is 0 Å². The zero-order valence-electron chi connectivity index (χ0n) is 13.4. The Labute approximate surface area is 131 Å². The molecular weight excluding hydrogens is 272 g/mol. The van der Waals surface area contributed by atoms with Gasteiger partial charge in [0.15, 0.2) is 0 Å². The lowest BCUT2D eigenvalue weighted by atomic mass is 9.92. The van der Waals surface area contributed by atoms with Crippen LogP contribution in [0.1, 0.15) is 65.7 Å². The topological polar surface area (TPSA) is 41.1 Å². The first-order valence-corrected chi connectivity index (χ1v) is 8.10. The number of piperidine rings is 1. The first kappa shape index (κ1) is 19.7. The van der Waals surface area contributed by atoms with E-state index in [0.29, 0.717) is 6.04 Å². The van der Waals surface area contributed by atoms with Crippen LogP contribution in [0.15, 0.2) is 0 Å². The molecule has 20 heavy (non-hydrogen) atoms. The lowest BCUT2D eigenvalue weighted by Crippen LogP contribution is -2.42. The molecule has 1 aliphatic rings. The van der Waals surface area contributed by atoms with Gasteiger partial charge in [0.25, 0.3) is 0 Å². The maximum absolute atomic E-state index is 12.0. The highest BCUT2D eigenvalue weighted by atomic mass is 35.5.